The molecule has 0 aliphatic rings. The highest BCUT2D eigenvalue weighted by molar-refractivity contribution is 6.39. The fourth-order valence-corrected chi connectivity index (χ4v) is 2.05. The molecule has 4 nitrogen and oxygen atoms in total. The second kappa shape index (κ2) is 5.77. The molecule has 19 heavy (non-hydrogen) atoms. The predicted molar refractivity (Wildman–Crippen MR) is 76.3 cm³/mol. The maximum absolute atomic E-state index is 13.1. The van der Waals surface area contributed by atoms with Crippen molar-refractivity contribution in [2.75, 3.05) is 17.7 Å². The second-order valence-corrected chi connectivity index (χ2v) is 4.73. The van der Waals surface area contributed by atoms with Crippen LogP contribution >= 0.6 is 34.8 Å². The van der Waals surface area contributed by atoms with Crippen molar-refractivity contribution in [3.8, 4) is 0 Å². The summed E-state index contributed by atoms with van der Waals surface area (Å²) in [6.45, 7) is 0. The van der Waals surface area contributed by atoms with Crippen LogP contribution in [0.1, 0.15) is 0 Å². The van der Waals surface area contributed by atoms with Gasteiger partial charge < -0.3 is 10.6 Å². The fourth-order valence-electron chi connectivity index (χ4n) is 1.36. The van der Waals surface area contributed by atoms with Gasteiger partial charge in [0.25, 0.3) is 0 Å². The summed E-state index contributed by atoms with van der Waals surface area (Å²) in [5.41, 5.74) is 0.326. The van der Waals surface area contributed by atoms with Crippen LogP contribution in [0.15, 0.2) is 18.3 Å². The van der Waals surface area contributed by atoms with Gasteiger partial charge in [0, 0.05) is 7.05 Å². The maximum Gasteiger partial charge on any atom is 0.224 e. The third-order valence-electron chi connectivity index (χ3n) is 2.22. The maximum atomic E-state index is 13.1. The van der Waals surface area contributed by atoms with E-state index in [-0.39, 0.29) is 15.1 Å². The van der Waals surface area contributed by atoms with E-state index in [2.05, 4.69) is 20.6 Å². The molecule has 0 bridgehead atoms. The van der Waals surface area contributed by atoms with E-state index in [0.29, 0.717) is 17.5 Å². The highest BCUT2D eigenvalue weighted by atomic mass is 35.5. The van der Waals surface area contributed by atoms with Gasteiger partial charge in [0.15, 0.2) is 5.82 Å². The van der Waals surface area contributed by atoms with Crippen LogP contribution in [0.2, 0.25) is 15.1 Å². The van der Waals surface area contributed by atoms with Gasteiger partial charge in [-0.1, -0.05) is 34.8 Å². The topological polar surface area (TPSA) is 49.8 Å². The van der Waals surface area contributed by atoms with Crippen molar-refractivity contribution in [2.24, 2.45) is 0 Å². The highest BCUT2D eigenvalue weighted by Crippen LogP contribution is 2.35. The summed E-state index contributed by atoms with van der Waals surface area (Å²) < 4.78 is 13.1. The molecule has 0 amide bonds. The number of hydrogen-bond acceptors (Lipinski definition) is 4. The summed E-state index contributed by atoms with van der Waals surface area (Å²) in [5, 5.41) is 6.18. The Morgan fingerprint density at radius 2 is 1.74 bits per heavy atom. The first-order valence-corrected chi connectivity index (χ1v) is 6.26. The molecule has 2 rings (SSSR count). The van der Waals surface area contributed by atoms with Gasteiger partial charge in [-0.05, 0) is 12.1 Å². The normalized spacial score (nSPS) is 10.4. The van der Waals surface area contributed by atoms with Crippen molar-refractivity contribution in [2.45, 2.75) is 0 Å². The molecule has 2 aromatic rings. The Morgan fingerprint density at radius 1 is 1.11 bits per heavy atom. The van der Waals surface area contributed by atoms with E-state index in [1.165, 1.54) is 6.20 Å². The smallest absolute Gasteiger partial charge is 0.224 e. The van der Waals surface area contributed by atoms with Crippen LogP contribution < -0.4 is 10.6 Å². The Morgan fingerprint density at radius 3 is 2.32 bits per heavy atom. The van der Waals surface area contributed by atoms with Crippen LogP contribution in [0.3, 0.4) is 0 Å². The van der Waals surface area contributed by atoms with E-state index in [1.807, 2.05) is 0 Å². The molecular formula is C11H8Cl3FN4. The molecule has 0 aliphatic carbocycles. The van der Waals surface area contributed by atoms with Gasteiger partial charge in [0.1, 0.15) is 10.8 Å². The summed E-state index contributed by atoms with van der Waals surface area (Å²) in [6, 6.07) is 2.29. The van der Waals surface area contributed by atoms with Crippen LogP contribution in [-0.2, 0) is 0 Å². The zero-order valence-electron chi connectivity index (χ0n) is 9.64. The van der Waals surface area contributed by atoms with Crippen molar-refractivity contribution in [1.29, 1.82) is 0 Å². The minimum Gasteiger partial charge on any atom is -0.357 e. The largest absolute Gasteiger partial charge is 0.357 e. The molecule has 100 valence electrons. The Bertz CT molecular complexity index is 598. The fraction of sp³-hybridized carbons (Fsp3) is 0.0909. The van der Waals surface area contributed by atoms with Crippen LogP contribution in [0.4, 0.5) is 21.8 Å². The molecule has 0 unspecified atom stereocenters. The van der Waals surface area contributed by atoms with Gasteiger partial charge in [0.2, 0.25) is 5.95 Å². The Labute approximate surface area is 123 Å². The lowest BCUT2D eigenvalue weighted by Gasteiger charge is -2.11. The third-order valence-corrected chi connectivity index (χ3v) is 3.09. The molecule has 0 aliphatic heterocycles. The van der Waals surface area contributed by atoms with Gasteiger partial charge >= 0.3 is 0 Å². The summed E-state index contributed by atoms with van der Waals surface area (Å²) in [4.78, 5) is 8.05. The van der Waals surface area contributed by atoms with Crippen molar-refractivity contribution < 1.29 is 4.39 Å². The summed E-state index contributed by atoms with van der Waals surface area (Å²) in [7, 11) is 1.67. The number of anilines is 3. The number of halogens is 4. The van der Waals surface area contributed by atoms with E-state index in [9.17, 15) is 4.39 Å². The average molecular weight is 322 g/mol. The number of nitrogens with one attached hydrogen (secondary N) is 2. The first-order valence-electron chi connectivity index (χ1n) is 5.13. The standard InChI is InChI=1S/C11H8Cl3FN4/c1-16-11-17-4-8(14)10(19-11)18-9-6(12)2-5(15)3-7(9)13/h2-4H,1H3,(H2,16,17,18,19). The lowest BCUT2D eigenvalue weighted by atomic mass is 10.3. The zero-order chi connectivity index (χ0) is 14.0. The SMILES string of the molecule is CNc1ncc(Cl)c(Nc2c(Cl)cc(F)cc2Cl)n1. The average Bonchev–Trinajstić information content (AvgIpc) is 2.35. The summed E-state index contributed by atoms with van der Waals surface area (Å²) in [5.74, 6) is 0.169. The highest BCUT2D eigenvalue weighted by Gasteiger charge is 2.12. The summed E-state index contributed by atoms with van der Waals surface area (Å²) in [6.07, 6.45) is 1.42. The summed E-state index contributed by atoms with van der Waals surface area (Å²) >= 11 is 17.8. The number of hydrogen-bond donors (Lipinski definition) is 2. The predicted octanol–water partition coefficient (Wildman–Crippen LogP) is 4.36. The van der Waals surface area contributed by atoms with E-state index < -0.39 is 5.82 Å². The Hall–Kier alpha value is -1.30. The van der Waals surface area contributed by atoms with Crippen LogP contribution in [0.25, 0.3) is 0 Å². The molecule has 0 spiro atoms. The third kappa shape index (κ3) is 3.18. The van der Waals surface area contributed by atoms with Crippen LogP contribution in [-0.4, -0.2) is 17.0 Å². The molecule has 1 heterocycles. The first kappa shape index (κ1) is 14.1. The second-order valence-electron chi connectivity index (χ2n) is 3.51. The lowest BCUT2D eigenvalue weighted by molar-refractivity contribution is 0.628. The van der Waals surface area contributed by atoms with Gasteiger partial charge in [-0.2, -0.15) is 4.98 Å². The molecule has 1 aromatic carbocycles. The minimum absolute atomic E-state index is 0.130. The van der Waals surface area contributed by atoms with E-state index >= 15 is 0 Å². The molecule has 0 atom stereocenters. The number of benzene rings is 1. The van der Waals surface area contributed by atoms with Gasteiger partial charge in [-0.15, -0.1) is 0 Å². The monoisotopic (exact) mass is 320 g/mol. The number of aromatic nitrogens is 2. The molecular weight excluding hydrogens is 314 g/mol. The van der Waals surface area contributed by atoms with Crippen molar-refractivity contribution in [3.05, 3.63) is 39.2 Å². The van der Waals surface area contributed by atoms with Gasteiger partial charge in [0.05, 0.1) is 21.9 Å². The first-order chi connectivity index (χ1) is 9.01. The zero-order valence-corrected chi connectivity index (χ0v) is 11.9. The molecule has 0 fully saturated rings. The molecule has 0 saturated heterocycles. The molecule has 2 N–H and O–H groups in total. The molecule has 0 radical (unpaired) electrons. The van der Waals surface area contributed by atoms with Gasteiger partial charge in [-0.3, -0.25) is 0 Å². The van der Waals surface area contributed by atoms with Crippen LogP contribution in [0.5, 0.6) is 0 Å². The van der Waals surface area contributed by atoms with E-state index in [4.69, 9.17) is 34.8 Å². The molecule has 1 aromatic heterocycles. The van der Waals surface area contributed by atoms with Crippen molar-refractivity contribution in [1.82, 2.24) is 9.97 Å². The number of nitrogens with zero attached hydrogens (tertiary/aromatic N) is 2. The Balaban J connectivity index is 2.41. The Kier molecular flexibility index (Phi) is 4.29. The minimum atomic E-state index is -0.523. The van der Waals surface area contributed by atoms with Crippen LogP contribution in [0, 0.1) is 5.82 Å². The number of rotatable bonds is 3. The van der Waals surface area contributed by atoms with Crippen molar-refractivity contribution in [3.63, 3.8) is 0 Å². The van der Waals surface area contributed by atoms with E-state index in [1.54, 1.807) is 7.05 Å². The molecule has 8 heteroatoms. The quantitative estimate of drug-likeness (QED) is 0.882. The van der Waals surface area contributed by atoms with Crippen molar-refractivity contribution >= 4 is 52.3 Å². The van der Waals surface area contributed by atoms with E-state index in [0.717, 1.165) is 12.1 Å². The van der Waals surface area contributed by atoms with Gasteiger partial charge in [-0.25, -0.2) is 9.37 Å². The lowest BCUT2D eigenvalue weighted by Crippen LogP contribution is -2.02. The molecule has 0 saturated carbocycles.